The highest BCUT2D eigenvalue weighted by Gasteiger charge is 2.15. The van der Waals surface area contributed by atoms with E-state index in [0.717, 1.165) is 6.07 Å². The van der Waals surface area contributed by atoms with Crippen LogP contribution in [-0.2, 0) is 0 Å². The van der Waals surface area contributed by atoms with Gasteiger partial charge in [-0.3, -0.25) is 4.79 Å². The Morgan fingerprint density at radius 2 is 2.04 bits per heavy atom. The van der Waals surface area contributed by atoms with E-state index in [2.05, 4.69) is 11.9 Å². The molecule has 0 aliphatic heterocycles. The van der Waals surface area contributed by atoms with E-state index < -0.39 is 11.7 Å². The third-order valence-electron chi connectivity index (χ3n) is 2.86. The molecule has 0 aromatic heterocycles. The van der Waals surface area contributed by atoms with Gasteiger partial charge in [0.2, 0.25) is 0 Å². The second-order valence-electron chi connectivity index (χ2n) is 4.61. The molecule has 0 atom stereocenters. The molecule has 0 spiro atoms. The summed E-state index contributed by atoms with van der Waals surface area (Å²) >= 11 is 11.5. The van der Waals surface area contributed by atoms with Gasteiger partial charge >= 0.3 is 0 Å². The van der Waals surface area contributed by atoms with Crippen molar-refractivity contribution >= 4 is 40.5 Å². The number of nitrogens with one attached hydrogen (secondary N) is 1. The summed E-state index contributed by atoms with van der Waals surface area (Å²) < 4.78 is 19.3. The van der Waals surface area contributed by atoms with E-state index in [1.807, 2.05) is 0 Å². The molecule has 0 aliphatic carbocycles. The molecule has 0 saturated heterocycles. The Hall–Kier alpha value is -2.24. The van der Waals surface area contributed by atoms with Gasteiger partial charge in [-0.25, -0.2) is 4.39 Å². The van der Waals surface area contributed by atoms with E-state index in [-0.39, 0.29) is 39.3 Å². The number of hydrogen-bond acceptors (Lipinski definition) is 3. The van der Waals surface area contributed by atoms with Crippen molar-refractivity contribution in [2.45, 2.75) is 0 Å². The zero-order valence-electron chi connectivity index (χ0n) is 11.9. The number of halogens is 3. The van der Waals surface area contributed by atoms with E-state index in [9.17, 15) is 9.18 Å². The SMILES string of the molecule is C=C(Cl)COc1cc(NC(=O)c2ccccc2N)c(F)cc1Cl. The smallest absolute Gasteiger partial charge is 0.257 e. The third kappa shape index (κ3) is 4.37. The van der Waals surface area contributed by atoms with Crippen LogP contribution in [0.1, 0.15) is 10.4 Å². The number of ether oxygens (including phenoxy) is 1. The maximum absolute atomic E-state index is 14.0. The van der Waals surface area contributed by atoms with Crippen molar-refractivity contribution in [1.82, 2.24) is 0 Å². The Kier molecular flexibility index (Phi) is 5.47. The van der Waals surface area contributed by atoms with Crippen molar-refractivity contribution in [1.29, 1.82) is 0 Å². The standard InChI is InChI=1S/C16H13Cl2FN2O2/c1-9(17)8-23-15-7-14(12(19)6-11(15)18)21-16(22)10-4-2-3-5-13(10)20/h2-7H,1,8,20H2,(H,21,22). The van der Waals surface area contributed by atoms with Crippen LogP contribution in [0.2, 0.25) is 5.02 Å². The molecule has 0 saturated carbocycles. The van der Waals surface area contributed by atoms with Gasteiger partial charge in [-0.2, -0.15) is 0 Å². The van der Waals surface area contributed by atoms with Crippen LogP contribution in [0.3, 0.4) is 0 Å². The van der Waals surface area contributed by atoms with Crippen LogP contribution in [0.4, 0.5) is 15.8 Å². The molecule has 0 unspecified atom stereocenters. The van der Waals surface area contributed by atoms with Gasteiger partial charge in [-0.05, 0) is 18.2 Å². The molecule has 0 fully saturated rings. The molecule has 0 radical (unpaired) electrons. The Balaban J connectivity index is 2.25. The first-order valence-corrected chi connectivity index (χ1v) is 7.25. The molecule has 2 rings (SSSR count). The van der Waals surface area contributed by atoms with Gasteiger partial charge in [-0.1, -0.05) is 41.9 Å². The number of carbonyl (C=O) groups excluding carboxylic acids is 1. The lowest BCUT2D eigenvalue weighted by Gasteiger charge is -2.12. The zero-order valence-corrected chi connectivity index (χ0v) is 13.4. The van der Waals surface area contributed by atoms with Gasteiger partial charge in [0.25, 0.3) is 5.91 Å². The van der Waals surface area contributed by atoms with Crippen LogP contribution >= 0.6 is 23.2 Å². The molecule has 2 aromatic rings. The van der Waals surface area contributed by atoms with Crippen molar-refractivity contribution in [2.24, 2.45) is 0 Å². The normalized spacial score (nSPS) is 10.2. The van der Waals surface area contributed by atoms with Crippen molar-refractivity contribution in [3.8, 4) is 5.75 Å². The van der Waals surface area contributed by atoms with Crippen LogP contribution < -0.4 is 15.8 Å². The first-order valence-electron chi connectivity index (χ1n) is 6.49. The molecule has 3 N–H and O–H groups in total. The lowest BCUT2D eigenvalue weighted by molar-refractivity contribution is 0.102. The number of hydrogen-bond donors (Lipinski definition) is 2. The first kappa shape index (κ1) is 17.1. The summed E-state index contributed by atoms with van der Waals surface area (Å²) in [6.45, 7) is 3.48. The van der Waals surface area contributed by atoms with Gasteiger partial charge in [0, 0.05) is 16.8 Å². The highest BCUT2D eigenvalue weighted by molar-refractivity contribution is 6.32. The highest BCUT2D eigenvalue weighted by atomic mass is 35.5. The number of benzene rings is 2. The molecule has 1 amide bonds. The maximum Gasteiger partial charge on any atom is 0.257 e. The van der Waals surface area contributed by atoms with Gasteiger partial charge in [0.1, 0.15) is 18.2 Å². The third-order valence-corrected chi connectivity index (χ3v) is 3.26. The van der Waals surface area contributed by atoms with Gasteiger partial charge in [0.15, 0.2) is 0 Å². The summed E-state index contributed by atoms with van der Waals surface area (Å²) in [6, 6.07) is 8.78. The minimum absolute atomic E-state index is 0.00588. The van der Waals surface area contributed by atoms with Crippen molar-refractivity contribution in [3.05, 3.63) is 64.4 Å². The van der Waals surface area contributed by atoms with Crippen molar-refractivity contribution < 1.29 is 13.9 Å². The number of nitrogen functional groups attached to an aromatic ring is 1. The van der Waals surface area contributed by atoms with Crippen LogP contribution in [-0.4, -0.2) is 12.5 Å². The zero-order chi connectivity index (χ0) is 17.0. The topological polar surface area (TPSA) is 64.3 Å². The number of carbonyl (C=O) groups is 1. The van der Waals surface area contributed by atoms with Gasteiger partial charge in [0.05, 0.1) is 16.3 Å². The summed E-state index contributed by atoms with van der Waals surface area (Å²) in [5.41, 5.74) is 6.16. The number of nitrogens with two attached hydrogens (primary N) is 1. The second kappa shape index (κ2) is 7.35. The molecule has 23 heavy (non-hydrogen) atoms. The molecule has 7 heteroatoms. The van der Waals surface area contributed by atoms with Gasteiger partial charge < -0.3 is 15.8 Å². The fourth-order valence-electron chi connectivity index (χ4n) is 1.79. The monoisotopic (exact) mass is 354 g/mol. The predicted molar refractivity (Wildman–Crippen MR) is 90.7 cm³/mol. The fourth-order valence-corrected chi connectivity index (χ4v) is 2.04. The Morgan fingerprint density at radius 3 is 2.70 bits per heavy atom. The summed E-state index contributed by atoms with van der Waals surface area (Å²) in [7, 11) is 0. The maximum atomic E-state index is 14.0. The van der Waals surface area contributed by atoms with Crippen molar-refractivity contribution in [3.63, 3.8) is 0 Å². The van der Waals surface area contributed by atoms with Crippen LogP contribution in [0.15, 0.2) is 48.0 Å². The molecule has 0 aliphatic rings. The van der Waals surface area contributed by atoms with E-state index in [1.54, 1.807) is 18.2 Å². The van der Waals surface area contributed by atoms with E-state index >= 15 is 0 Å². The van der Waals surface area contributed by atoms with E-state index in [4.69, 9.17) is 33.7 Å². The van der Waals surface area contributed by atoms with Crippen molar-refractivity contribution in [2.75, 3.05) is 17.7 Å². The molecular weight excluding hydrogens is 342 g/mol. The number of rotatable bonds is 5. The molecule has 120 valence electrons. The first-order chi connectivity index (χ1) is 10.9. The fraction of sp³-hybridized carbons (Fsp3) is 0.0625. The molecule has 4 nitrogen and oxygen atoms in total. The average molecular weight is 355 g/mol. The summed E-state index contributed by atoms with van der Waals surface area (Å²) in [6.07, 6.45) is 0. The molecule has 2 aromatic carbocycles. The predicted octanol–water partition coefficient (Wildman–Crippen LogP) is 4.44. The van der Waals surface area contributed by atoms with Crippen LogP contribution in [0, 0.1) is 5.82 Å². The quantitative estimate of drug-likeness (QED) is 0.779. The summed E-state index contributed by atoms with van der Waals surface area (Å²) in [4.78, 5) is 12.2. The second-order valence-corrected chi connectivity index (χ2v) is 5.55. The number of para-hydroxylation sites is 1. The highest BCUT2D eigenvalue weighted by Crippen LogP contribution is 2.31. The summed E-state index contributed by atoms with van der Waals surface area (Å²) in [5, 5.41) is 2.75. The van der Waals surface area contributed by atoms with Crippen LogP contribution in [0.25, 0.3) is 0 Å². The Morgan fingerprint density at radius 1 is 1.35 bits per heavy atom. The molecule has 0 bridgehead atoms. The Bertz CT molecular complexity index is 766. The number of amides is 1. The number of anilines is 2. The van der Waals surface area contributed by atoms with Crippen LogP contribution in [0.5, 0.6) is 5.75 Å². The summed E-state index contributed by atoms with van der Waals surface area (Å²) in [5.74, 6) is -1.07. The minimum atomic E-state index is -0.699. The lowest BCUT2D eigenvalue weighted by atomic mass is 10.1. The Labute approximate surface area is 142 Å². The minimum Gasteiger partial charge on any atom is -0.486 e. The largest absolute Gasteiger partial charge is 0.486 e. The molecular formula is C16H13Cl2FN2O2. The van der Waals surface area contributed by atoms with E-state index in [0.29, 0.717) is 0 Å². The average Bonchev–Trinajstić information content (AvgIpc) is 2.49. The van der Waals surface area contributed by atoms with E-state index in [1.165, 1.54) is 12.1 Å². The molecule has 0 heterocycles. The van der Waals surface area contributed by atoms with Gasteiger partial charge in [-0.15, -0.1) is 0 Å². The lowest BCUT2D eigenvalue weighted by Crippen LogP contribution is -2.15.